The lowest BCUT2D eigenvalue weighted by atomic mass is 9.93. The van der Waals surface area contributed by atoms with E-state index in [1.807, 2.05) is 24.3 Å². The van der Waals surface area contributed by atoms with Gasteiger partial charge in [0.15, 0.2) is 0 Å². The van der Waals surface area contributed by atoms with Crippen molar-refractivity contribution in [3.05, 3.63) is 88.1 Å². The molecule has 2 aromatic heterocycles. The summed E-state index contributed by atoms with van der Waals surface area (Å²) in [6.45, 7) is 4.43. The highest BCUT2D eigenvalue weighted by Crippen LogP contribution is 2.30. The van der Waals surface area contributed by atoms with E-state index in [0.717, 1.165) is 80.2 Å². The quantitative estimate of drug-likeness (QED) is 0.256. The lowest BCUT2D eigenvalue weighted by Crippen LogP contribution is -2.35. The fourth-order valence-electron chi connectivity index (χ4n) is 5.34. The van der Waals surface area contributed by atoms with Gasteiger partial charge in [0.05, 0.1) is 30.2 Å². The second kappa shape index (κ2) is 11.4. The summed E-state index contributed by atoms with van der Waals surface area (Å²) in [5.41, 5.74) is 4.35. The van der Waals surface area contributed by atoms with Crippen molar-refractivity contribution < 1.29 is 13.9 Å². The number of halogens is 2. The number of benzene rings is 2. The van der Waals surface area contributed by atoms with E-state index in [-0.39, 0.29) is 18.5 Å². The topological polar surface area (TPSA) is 52.4 Å². The van der Waals surface area contributed by atoms with Crippen molar-refractivity contribution in [3.63, 3.8) is 0 Å². The van der Waals surface area contributed by atoms with Gasteiger partial charge < -0.3 is 14.0 Å². The summed E-state index contributed by atoms with van der Waals surface area (Å²) in [5.74, 6) is 4.24. The van der Waals surface area contributed by atoms with Crippen molar-refractivity contribution in [2.45, 2.75) is 51.0 Å². The smallest absolute Gasteiger partial charge is 0.213 e. The molecule has 1 atom stereocenters. The predicted octanol–water partition coefficient (Wildman–Crippen LogP) is 5.95. The first-order chi connectivity index (χ1) is 19.1. The summed E-state index contributed by atoms with van der Waals surface area (Å²) >= 11 is 5.85. The molecule has 0 unspecified atom stereocenters. The Bertz CT molecular complexity index is 1520. The Morgan fingerprint density at radius 3 is 2.67 bits per heavy atom. The number of terminal acetylenes is 1. The third kappa shape index (κ3) is 5.79. The average molecular weight is 545 g/mol. The van der Waals surface area contributed by atoms with Gasteiger partial charge in [-0.3, -0.25) is 4.90 Å². The number of pyridine rings is 1. The SMILES string of the molecule is C#Cc1ccc2c(c1)nc(CN1CCC(c3cccc(OCc4ccc(Cl)cc4F)n3)CC1)n2C[C@@H]1CCO1. The van der Waals surface area contributed by atoms with Gasteiger partial charge in [0, 0.05) is 40.4 Å². The number of hydrogen-bond donors (Lipinski definition) is 0. The van der Waals surface area contributed by atoms with E-state index in [1.165, 1.54) is 6.07 Å². The third-order valence-electron chi connectivity index (χ3n) is 7.68. The number of rotatable bonds is 8. The highest BCUT2D eigenvalue weighted by molar-refractivity contribution is 6.30. The molecule has 0 N–H and O–H groups in total. The standard InChI is InChI=1S/C31H30ClFN4O2/c1-2-21-6-9-29-28(16-21)34-30(37(29)18-25-12-15-38-25)19-36-13-10-22(11-14-36)27-4-3-5-31(35-27)39-20-23-7-8-24(32)17-26(23)33/h1,3-9,16-17,22,25H,10-15,18-20H2/t25-/m0/s1. The minimum atomic E-state index is -0.378. The highest BCUT2D eigenvalue weighted by Gasteiger charge is 2.26. The maximum atomic E-state index is 14.1. The summed E-state index contributed by atoms with van der Waals surface area (Å²) in [7, 11) is 0. The fourth-order valence-corrected chi connectivity index (χ4v) is 5.50. The fraction of sp³-hybridized carbons (Fsp3) is 0.355. The first kappa shape index (κ1) is 25.8. The number of likely N-dealkylation sites (tertiary alicyclic amines) is 1. The highest BCUT2D eigenvalue weighted by atomic mass is 35.5. The van der Waals surface area contributed by atoms with Crippen LogP contribution in [0.5, 0.6) is 5.88 Å². The molecular weight excluding hydrogens is 515 g/mol. The third-order valence-corrected chi connectivity index (χ3v) is 7.92. The van der Waals surface area contributed by atoms with E-state index in [2.05, 4.69) is 27.5 Å². The van der Waals surface area contributed by atoms with E-state index in [4.69, 9.17) is 37.5 Å². The number of imidazole rings is 1. The molecule has 6 nitrogen and oxygen atoms in total. The van der Waals surface area contributed by atoms with Gasteiger partial charge >= 0.3 is 0 Å². The van der Waals surface area contributed by atoms with E-state index in [0.29, 0.717) is 22.4 Å². The van der Waals surface area contributed by atoms with Crippen LogP contribution in [0.25, 0.3) is 11.0 Å². The Labute approximate surface area is 232 Å². The zero-order valence-electron chi connectivity index (χ0n) is 21.7. The summed E-state index contributed by atoms with van der Waals surface area (Å²) in [6, 6.07) is 16.5. The van der Waals surface area contributed by atoms with Crippen LogP contribution in [-0.2, 0) is 24.4 Å². The summed E-state index contributed by atoms with van der Waals surface area (Å²) in [5, 5.41) is 0.366. The van der Waals surface area contributed by atoms with E-state index in [1.54, 1.807) is 12.1 Å². The summed E-state index contributed by atoms with van der Waals surface area (Å²) < 4.78 is 28.0. The second-order valence-corrected chi connectivity index (χ2v) is 10.7. The number of aromatic nitrogens is 3. The van der Waals surface area contributed by atoms with Crippen molar-refractivity contribution in [3.8, 4) is 18.2 Å². The van der Waals surface area contributed by atoms with Gasteiger partial charge in [-0.2, -0.15) is 0 Å². The molecule has 0 radical (unpaired) electrons. The van der Waals surface area contributed by atoms with Crippen molar-refractivity contribution in [2.24, 2.45) is 0 Å². The Hall–Kier alpha value is -3.44. The van der Waals surface area contributed by atoms with Crippen LogP contribution in [0.2, 0.25) is 5.02 Å². The lowest BCUT2D eigenvalue weighted by Gasteiger charge is -2.32. The van der Waals surface area contributed by atoms with Crippen LogP contribution in [0.3, 0.4) is 0 Å². The van der Waals surface area contributed by atoms with Crippen molar-refractivity contribution in [1.29, 1.82) is 0 Å². The molecule has 2 aliphatic heterocycles. The molecule has 0 bridgehead atoms. The molecule has 200 valence electrons. The first-order valence-electron chi connectivity index (χ1n) is 13.4. The molecule has 2 saturated heterocycles. The maximum absolute atomic E-state index is 14.1. The lowest BCUT2D eigenvalue weighted by molar-refractivity contribution is -0.0592. The first-order valence-corrected chi connectivity index (χ1v) is 13.8. The molecule has 2 fully saturated rings. The molecule has 0 aliphatic carbocycles. The van der Waals surface area contributed by atoms with Crippen LogP contribution in [0.4, 0.5) is 4.39 Å². The van der Waals surface area contributed by atoms with Gasteiger partial charge in [-0.05, 0) is 68.8 Å². The van der Waals surface area contributed by atoms with Gasteiger partial charge in [0.25, 0.3) is 0 Å². The molecule has 4 heterocycles. The number of ether oxygens (including phenoxy) is 2. The van der Waals surface area contributed by atoms with Crippen LogP contribution >= 0.6 is 11.6 Å². The summed E-state index contributed by atoms with van der Waals surface area (Å²) in [4.78, 5) is 12.2. The zero-order chi connectivity index (χ0) is 26.8. The van der Waals surface area contributed by atoms with E-state index in [9.17, 15) is 4.39 Å². The largest absolute Gasteiger partial charge is 0.473 e. The van der Waals surface area contributed by atoms with Crippen LogP contribution in [0.1, 0.15) is 47.8 Å². The number of fused-ring (bicyclic) bond motifs is 1. The van der Waals surface area contributed by atoms with Crippen LogP contribution in [-0.4, -0.2) is 45.2 Å². The molecule has 4 aromatic rings. The number of piperidine rings is 1. The summed E-state index contributed by atoms with van der Waals surface area (Å²) in [6.07, 6.45) is 8.94. The van der Waals surface area contributed by atoms with Crippen molar-refractivity contribution in [2.75, 3.05) is 19.7 Å². The van der Waals surface area contributed by atoms with E-state index < -0.39 is 0 Å². The Morgan fingerprint density at radius 2 is 1.92 bits per heavy atom. The Balaban J connectivity index is 1.10. The average Bonchev–Trinajstić information content (AvgIpc) is 3.26. The van der Waals surface area contributed by atoms with E-state index >= 15 is 0 Å². The molecule has 8 heteroatoms. The predicted molar refractivity (Wildman–Crippen MR) is 149 cm³/mol. The molecule has 2 aliphatic rings. The molecule has 39 heavy (non-hydrogen) atoms. The number of hydrogen-bond acceptors (Lipinski definition) is 5. The molecular formula is C31H30ClFN4O2. The van der Waals surface area contributed by atoms with Crippen LogP contribution in [0, 0.1) is 18.2 Å². The number of nitrogens with zero attached hydrogens (tertiary/aromatic N) is 4. The van der Waals surface area contributed by atoms with Crippen LogP contribution < -0.4 is 4.74 Å². The van der Waals surface area contributed by atoms with Gasteiger partial charge in [0.1, 0.15) is 18.2 Å². The van der Waals surface area contributed by atoms with Gasteiger partial charge in [-0.15, -0.1) is 6.42 Å². The monoisotopic (exact) mass is 544 g/mol. The molecule has 0 spiro atoms. The molecule has 0 amide bonds. The molecule has 2 aromatic carbocycles. The van der Waals surface area contributed by atoms with Crippen LogP contribution in [0.15, 0.2) is 54.6 Å². The van der Waals surface area contributed by atoms with Gasteiger partial charge in [0.2, 0.25) is 5.88 Å². The Kier molecular flexibility index (Phi) is 7.51. The van der Waals surface area contributed by atoms with Gasteiger partial charge in [-0.1, -0.05) is 29.7 Å². The second-order valence-electron chi connectivity index (χ2n) is 10.2. The Morgan fingerprint density at radius 1 is 1.08 bits per heavy atom. The minimum Gasteiger partial charge on any atom is -0.473 e. The zero-order valence-corrected chi connectivity index (χ0v) is 22.4. The maximum Gasteiger partial charge on any atom is 0.213 e. The molecule has 6 rings (SSSR count). The normalized spacial score (nSPS) is 18.1. The minimum absolute atomic E-state index is 0.105. The van der Waals surface area contributed by atoms with Gasteiger partial charge in [-0.25, -0.2) is 14.4 Å². The van der Waals surface area contributed by atoms with Crippen molar-refractivity contribution >= 4 is 22.6 Å². The van der Waals surface area contributed by atoms with Crippen molar-refractivity contribution in [1.82, 2.24) is 19.4 Å². The molecule has 0 saturated carbocycles.